The molecule has 0 radical (unpaired) electrons. The number of nitrogens with two attached hydrogens (primary N) is 1. The summed E-state index contributed by atoms with van der Waals surface area (Å²) in [5, 5.41) is 3.53. The van der Waals surface area contributed by atoms with Crippen LogP contribution in [0, 0.1) is 6.92 Å². The van der Waals surface area contributed by atoms with Crippen molar-refractivity contribution in [3.8, 4) is 5.88 Å². The number of rotatable bonds is 5. The summed E-state index contributed by atoms with van der Waals surface area (Å²) in [6, 6.07) is 4.48. The van der Waals surface area contributed by atoms with Crippen LogP contribution >= 0.6 is 0 Å². The minimum Gasteiger partial charge on any atom is -0.473 e. The van der Waals surface area contributed by atoms with E-state index in [9.17, 15) is 18.0 Å². The maximum absolute atomic E-state index is 13.3. The highest BCUT2D eigenvalue weighted by atomic mass is 19.4. The molecule has 3 N–H and O–H groups in total. The number of hydrogen-bond donors (Lipinski definition) is 2. The molecule has 0 saturated carbocycles. The van der Waals surface area contributed by atoms with Crippen LogP contribution in [0.5, 0.6) is 5.88 Å². The van der Waals surface area contributed by atoms with Gasteiger partial charge in [-0.25, -0.2) is 9.97 Å². The molecule has 1 aliphatic rings. The van der Waals surface area contributed by atoms with Crippen molar-refractivity contribution in [3.63, 3.8) is 0 Å². The molecule has 0 bridgehead atoms. The van der Waals surface area contributed by atoms with Crippen LogP contribution in [0.15, 0.2) is 29.1 Å². The van der Waals surface area contributed by atoms with Crippen molar-refractivity contribution in [2.24, 2.45) is 7.05 Å². The first-order chi connectivity index (χ1) is 16.0. The highest BCUT2D eigenvalue weighted by molar-refractivity contribution is 5.89. The molecule has 0 spiro atoms. The fourth-order valence-corrected chi connectivity index (χ4v) is 3.94. The summed E-state index contributed by atoms with van der Waals surface area (Å²) in [5.74, 6) is 0.991. The molecular formula is C23H26F3N5O3. The number of nitrogen functional groups attached to an aromatic ring is 1. The molecule has 8 nitrogen and oxygen atoms in total. The Morgan fingerprint density at radius 3 is 2.71 bits per heavy atom. The Hall–Kier alpha value is -3.34. The van der Waals surface area contributed by atoms with Crippen LogP contribution in [0.3, 0.4) is 0 Å². The quantitative estimate of drug-likeness (QED) is 0.536. The highest BCUT2D eigenvalue weighted by Crippen LogP contribution is 2.34. The number of pyridine rings is 1. The molecule has 1 aliphatic heterocycles. The Morgan fingerprint density at radius 2 is 2.03 bits per heavy atom. The van der Waals surface area contributed by atoms with Gasteiger partial charge in [-0.3, -0.25) is 9.36 Å². The van der Waals surface area contributed by atoms with Crippen LogP contribution in [0.4, 0.5) is 24.7 Å². The number of ether oxygens (including phenoxy) is 2. The molecule has 0 aliphatic carbocycles. The number of halogens is 3. The number of benzene rings is 1. The summed E-state index contributed by atoms with van der Waals surface area (Å²) in [6.45, 7) is 4.43. The van der Waals surface area contributed by atoms with Gasteiger partial charge in [0.25, 0.3) is 5.56 Å². The van der Waals surface area contributed by atoms with Gasteiger partial charge in [-0.1, -0.05) is 0 Å². The summed E-state index contributed by atoms with van der Waals surface area (Å²) in [5.41, 5.74) is 5.03. The van der Waals surface area contributed by atoms with E-state index in [0.29, 0.717) is 41.7 Å². The molecule has 3 aromatic rings. The van der Waals surface area contributed by atoms with Crippen molar-refractivity contribution in [3.05, 3.63) is 51.6 Å². The maximum atomic E-state index is 13.3. The van der Waals surface area contributed by atoms with Crippen molar-refractivity contribution in [1.29, 1.82) is 0 Å². The zero-order valence-corrected chi connectivity index (χ0v) is 19.1. The van der Waals surface area contributed by atoms with E-state index in [0.717, 1.165) is 25.0 Å². The topological polar surface area (TPSA) is 104 Å². The summed E-state index contributed by atoms with van der Waals surface area (Å²) >= 11 is 0. The monoisotopic (exact) mass is 477 g/mol. The van der Waals surface area contributed by atoms with Crippen LogP contribution in [0.2, 0.25) is 0 Å². The van der Waals surface area contributed by atoms with Crippen molar-refractivity contribution in [1.82, 2.24) is 14.5 Å². The SMILES string of the molecule is Cc1nc(N[C@H](C)c2cc(N)cc(C(F)(F)F)c2)c2cc(OC3CCCOC3)n(C)c(=O)c2n1. The van der Waals surface area contributed by atoms with Crippen molar-refractivity contribution < 1.29 is 22.6 Å². The van der Waals surface area contributed by atoms with E-state index >= 15 is 0 Å². The largest absolute Gasteiger partial charge is 0.473 e. The van der Waals surface area contributed by atoms with Gasteiger partial charge in [0.2, 0.25) is 0 Å². The van der Waals surface area contributed by atoms with E-state index in [1.54, 1.807) is 27.0 Å². The molecular weight excluding hydrogens is 451 g/mol. The molecule has 4 rings (SSSR count). The Balaban J connectivity index is 1.73. The molecule has 0 amide bonds. The van der Waals surface area contributed by atoms with Crippen molar-refractivity contribution >= 4 is 22.4 Å². The van der Waals surface area contributed by atoms with Gasteiger partial charge in [-0.2, -0.15) is 13.2 Å². The predicted octanol–water partition coefficient (Wildman–Crippen LogP) is 3.97. The van der Waals surface area contributed by atoms with Crippen molar-refractivity contribution in [2.45, 2.75) is 45.0 Å². The summed E-state index contributed by atoms with van der Waals surface area (Å²) in [6.07, 6.45) is -3.05. The van der Waals surface area contributed by atoms with Crippen LogP contribution in [0.1, 0.15) is 42.8 Å². The number of fused-ring (bicyclic) bond motifs is 1. The van der Waals surface area contributed by atoms with Gasteiger partial charge in [-0.05, 0) is 50.5 Å². The molecule has 1 fully saturated rings. The number of aryl methyl sites for hydroxylation is 1. The maximum Gasteiger partial charge on any atom is 0.416 e. The molecule has 1 unspecified atom stereocenters. The fraction of sp³-hybridized carbons (Fsp3) is 0.435. The van der Waals surface area contributed by atoms with Gasteiger partial charge in [0, 0.05) is 25.4 Å². The summed E-state index contributed by atoms with van der Waals surface area (Å²) in [7, 11) is 1.60. The minimum absolute atomic E-state index is 0.00135. The zero-order valence-electron chi connectivity index (χ0n) is 19.1. The molecule has 2 aromatic heterocycles. The first kappa shape index (κ1) is 23.8. The lowest BCUT2D eigenvalue weighted by molar-refractivity contribution is -0.137. The molecule has 11 heteroatoms. The van der Waals surface area contributed by atoms with Gasteiger partial charge >= 0.3 is 6.18 Å². The Kier molecular flexibility index (Phi) is 6.39. The Morgan fingerprint density at radius 1 is 1.26 bits per heavy atom. The zero-order chi connectivity index (χ0) is 24.6. The first-order valence-electron chi connectivity index (χ1n) is 10.9. The normalized spacial score (nSPS) is 17.5. The third-order valence-corrected chi connectivity index (χ3v) is 5.73. The van der Waals surface area contributed by atoms with E-state index in [-0.39, 0.29) is 22.9 Å². The average Bonchev–Trinajstić information content (AvgIpc) is 2.77. The highest BCUT2D eigenvalue weighted by Gasteiger charge is 2.31. The van der Waals surface area contributed by atoms with Crippen LogP contribution in [-0.2, 0) is 18.0 Å². The van der Waals surface area contributed by atoms with Gasteiger partial charge < -0.3 is 20.5 Å². The molecule has 1 aromatic carbocycles. The predicted molar refractivity (Wildman–Crippen MR) is 122 cm³/mol. The van der Waals surface area contributed by atoms with Crippen molar-refractivity contribution in [2.75, 3.05) is 24.3 Å². The molecule has 3 heterocycles. The van der Waals surface area contributed by atoms with Gasteiger partial charge in [0.1, 0.15) is 23.3 Å². The number of aromatic nitrogens is 3. The van der Waals surface area contributed by atoms with E-state index in [1.165, 1.54) is 10.6 Å². The number of hydrogen-bond acceptors (Lipinski definition) is 7. The summed E-state index contributed by atoms with van der Waals surface area (Å²) < 4.78 is 52.7. The Bertz CT molecular complexity index is 1270. The molecule has 182 valence electrons. The molecule has 34 heavy (non-hydrogen) atoms. The second-order valence-electron chi connectivity index (χ2n) is 8.44. The lowest BCUT2D eigenvalue weighted by Crippen LogP contribution is -2.31. The van der Waals surface area contributed by atoms with Gasteiger partial charge in [0.05, 0.1) is 23.6 Å². The second-order valence-corrected chi connectivity index (χ2v) is 8.44. The van der Waals surface area contributed by atoms with E-state index in [4.69, 9.17) is 15.2 Å². The standard InChI is InChI=1S/C23H26F3N5O3/c1-12(14-7-15(23(24,25)26)9-16(27)8-14)28-21-18-10-19(34-17-5-4-6-33-11-17)31(3)22(32)20(18)29-13(2)30-21/h7-10,12,17H,4-6,11,27H2,1-3H3,(H,28,29,30)/t12-,17?/m1/s1. The number of anilines is 2. The smallest absolute Gasteiger partial charge is 0.416 e. The number of nitrogens with zero attached hydrogens (tertiary/aromatic N) is 3. The second kappa shape index (κ2) is 9.13. The van der Waals surface area contributed by atoms with E-state index in [2.05, 4.69) is 15.3 Å². The Labute approximate surface area is 193 Å². The van der Waals surface area contributed by atoms with E-state index in [1.807, 2.05) is 0 Å². The summed E-state index contributed by atoms with van der Waals surface area (Å²) in [4.78, 5) is 21.7. The lowest BCUT2D eigenvalue weighted by atomic mass is 10.0. The van der Waals surface area contributed by atoms with Crippen LogP contribution in [-0.4, -0.2) is 33.9 Å². The minimum atomic E-state index is -4.52. The van der Waals surface area contributed by atoms with E-state index < -0.39 is 17.8 Å². The van der Waals surface area contributed by atoms with Crippen LogP contribution in [0.25, 0.3) is 10.9 Å². The molecule has 2 atom stereocenters. The van der Waals surface area contributed by atoms with Gasteiger partial charge in [0.15, 0.2) is 5.88 Å². The number of alkyl halides is 3. The third-order valence-electron chi connectivity index (χ3n) is 5.73. The fourth-order valence-electron chi connectivity index (χ4n) is 3.94. The third kappa shape index (κ3) is 4.93. The van der Waals surface area contributed by atoms with Crippen LogP contribution < -0.4 is 21.3 Å². The average molecular weight is 477 g/mol. The molecule has 1 saturated heterocycles. The first-order valence-corrected chi connectivity index (χ1v) is 10.9. The lowest BCUT2D eigenvalue weighted by Gasteiger charge is -2.24. The number of nitrogens with one attached hydrogen (secondary N) is 1. The van der Waals surface area contributed by atoms with Gasteiger partial charge in [-0.15, -0.1) is 0 Å².